The van der Waals surface area contributed by atoms with E-state index in [2.05, 4.69) is 23.4 Å². The lowest BCUT2D eigenvalue weighted by molar-refractivity contribution is 0.456. The average Bonchev–Trinajstić information content (AvgIpc) is 2.57. The van der Waals surface area contributed by atoms with Crippen LogP contribution in [0, 0.1) is 11.3 Å². The zero-order chi connectivity index (χ0) is 9.52. The summed E-state index contributed by atoms with van der Waals surface area (Å²) in [6, 6.07) is 4.36. The summed E-state index contributed by atoms with van der Waals surface area (Å²) >= 11 is 0. The molecule has 0 fully saturated rings. The first-order valence-corrected chi connectivity index (χ1v) is 4.40. The van der Waals surface area contributed by atoms with E-state index in [1.54, 1.807) is 6.20 Å². The molecule has 0 amide bonds. The highest BCUT2D eigenvalue weighted by Gasteiger charge is 2.00. The van der Waals surface area contributed by atoms with E-state index >= 15 is 0 Å². The van der Waals surface area contributed by atoms with Gasteiger partial charge in [0.1, 0.15) is 0 Å². The van der Waals surface area contributed by atoms with E-state index in [9.17, 15) is 0 Å². The molecule has 1 heterocycles. The minimum absolute atomic E-state index is 0.355. The Morgan fingerprint density at radius 2 is 2.54 bits per heavy atom. The molecule has 0 aliphatic heterocycles. The van der Waals surface area contributed by atoms with Gasteiger partial charge in [-0.1, -0.05) is 0 Å². The predicted octanol–water partition coefficient (Wildman–Crippen LogP) is 0.775. The van der Waals surface area contributed by atoms with Crippen LogP contribution in [0.3, 0.4) is 0 Å². The fourth-order valence-electron chi connectivity index (χ4n) is 1.13. The zero-order valence-electron chi connectivity index (χ0n) is 7.77. The third kappa shape index (κ3) is 3.72. The third-order valence-corrected chi connectivity index (χ3v) is 1.75. The number of aromatic nitrogens is 2. The fourth-order valence-corrected chi connectivity index (χ4v) is 1.13. The molecule has 4 nitrogen and oxygen atoms in total. The van der Waals surface area contributed by atoms with E-state index in [1.165, 1.54) is 0 Å². The highest BCUT2D eigenvalue weighted by Crippen LogP contribution is 1.90. The molecule has 1 unspecified atom stereocenters. The van der Waals surface area contributed by atoms with Crippen molar-refractivity contribution in [3.63, 3.8) is 0 Å². The molecule has 0 saturated carbocycles. The maximum atomic E-state index is 8.33. The van der Waals surface area contributed by atoms with E-state index in [-0.39, 0.29) is 0 Å². The molecule has 13 heavy (non-hydrogen) atoms. The van der Waals surface area contributed by atoms with Crippen molar-refractivity contribution in [2.24, 2.45) is 0 Å². The second-order valence-corrected chi connectivity index (χ2v) is 2.99. The summed E-state index contributed by atoms with van der Waals surface area (Å²) in [6.45, 7) is 3.68. The maximum absolute atomic E-state index is 8.33. The van der Waals surface area contributed by atoms with Gasteiger partial charge in [-0.15, -0.1) is 0 Å². The molecular formula is C9H14N4. The number of nitrogens with one attached hydrogen (secondary N) is 1. The monoisotopic (exact) mass is 178 g/mol. The van der Waals surface area contributed by atoms with Crippen molar-refractivity contribution in [2.45, 2.75) is 25.9 Å². The first-order chi connectivity index (χ1) is 6.33. The van der Waals surface area contributed by atoms with Gasteiger partial charge in [0.15, 0.2) is 0 Å². The zero-order valence-corrected chi connectivity index (χ0v) is 7.77. The molecule has 1 rings (SSSR count). The molecule has 1 aromatic rings. The second-order valence-electron chi connectivity index (χ2n) is 2.99. The smallest absolute Gasteiger partial charge is 0.0635 e. The summed E-state index contributed by atoms with van der Waals surface area (Å²) in [4.78, 5) is 0. The largest absolute Gasteiger partial charge is 0.311 e. The normalized spacial score (nSPS) is 12.3. The highest BCUT2D eigenvalue weighted by atomic mass is 15.3. The summed E-state index contributed by atoms with van der Waals surface area (Å²) in [7, 11) is 0. The lowest BCUT2D eigenvalue weighted by atomic mass is 10.3. The quantitative estimate of drug-likeness (QED) is 0.678. The first kappa shape index (κ1) is 9.75. The Kier molecular flexibility index (Phi) is 4.00. The van der Waals surface area contributed by atoms with Crippen LogP contribution in [0.25, 0.3) is 0 Å². The van der Waals surface area contributed by atoms with Crippen LogP contribution < -0.4 is 5.32 Å². The van der Waals surface area contributed by atoms with Crippen LogP contribution in [0.1, 0.15) is 13.3 Å². The van der Waals surface area contributed by atoms with Gasteiger partial charge in [0, 0.05) is 31.4 Å². The molecule has 0 radical (unpaired) electrons. The summed E-state index contributed by atoms with van der Waals surface area (Å²) in [6.07, 6.45) is 4.26. The Labute approximate surface area is 78.2 Å². The number of nitriles is 1. The maximum Gasteiger partial charge on any atom is 0.0635 e. The molecule has 1 N–H and O–H groups in total. The molecule has 1 atom stereocenters. The Morgan fingerprint density at radius 1 is 1.69 bits per heavy atom. The van der Waals surface area contributed by atoms with Crippen LogP contribution >= 0.6 is 0 Å². The van der Waals surface area contributed by atoms with E-state index in [0.29, 0.717) is 12.5 Å². The van der Waals surface area contributed by atoms with E-state index in [1.807, 2.05) is 16.9 Å². The Hall–Kier alpha value is -1.34. The summed E-state index contributed by atoms with van der Waals surface area (Å²) < 4.78 is 1.88. The molecule has 0 aromatic carbocycles. The summed E-state index contributed by atoms with van der Waals surface area (Å²) in [5.74, 6) is 0. The second kappa shape index (κ2) is 5.33. The Morgan fingerprint density at radius 3 is 3.15 bits per heavy atom. The van der Waals surface area contributed by atoms with Crippen LogP contribution in [0.15, 0.2) is 18.5 Å². The molecule has 0 spiro atoms. The number of nitrogens with zero attached hydrogens (tertiary/aromatic N) is 3. The van der Waals surface area contributed by atoms with E-state index < -0.39 is 0 Å². The highest BCUT2D eigenvalue weighted by molar-refractivity contribution is 4.79. The van der Waals surface area contributed by atoms with Gasteiger partial charge in [-0.3, -0.25) is 4.68 Å². The predicted molar refractivity (Wildman–Crippen MR) is 49.9 cm³/mol. The van der Waals surface area contributed by atoms with Crippen molar-refractivity contribution in [1.29, 1.82) is 5.26 Å². The molecule has 0 aliphatic rings. The van der Waals surface area contributed by atoms with Crippen LogP contribution in [0.5, 0.6) is 0 Å². The topological polar surface area (TPSA) is 53.6 Å². The average molecular weight is 178 g/mol. The third-order valence-electron chi connectivity index (χ3n) is 1.75. The Bertz CT molecular complexity index is 260. The van der Waals surface area contributed by atoms with Gasteiger partial charge in [-0.25, -0.2) is 0 Å². The number of hydrogen-bond acceptors (Lipinski definition) is 3. The number of hydrogen-bond donors (Lipinski definition) is 1. The van der Waals surface area contributed by atoms with Crippen LogP contribution in [0.4, 0.5) is 0 Å². The molecule has 1 aromatic heterocycles. The summed E-state index contributed by atoms with van der Waals surface area (Å²) in [5.41, 5.74) is 0. The van der Waals surface area contributed by atoms with Gasteiger partial charge >= 0.3 is 0 Å². The van der Waals surface area contributed by atoms with Crippen molar-refractivity contribution in [3.05, 3.63) is 18.5 Å². The van der Waals surface area contributed by atoms with Crippen molar-refractivity contribution in [3.8, 4) is 6.07 Å². The van der Waals surface area contributed by atoms with E-state index in [0.717, 1.165) is 13.1 Å². The lowest BCUT2D eigenvalue weighted by Gasteiger charge is -2.12. The molecule has 70 valence electrons. The van der Waals surface area contributed by atoms with Crippen LogP contribution in [0.2, 0.25) is 0 Å². The fraction of sp³-hybridized carbons (Fsp3) is 0.556. The molecule has 0 saturated heterocycles. The lowest BCUT2D eigenvalue weighted by Crippen LogP contribution is -2.31. The van der Waals surface area contributed by atoms with Crippen molar-refractivity contribution < 1.29 is 0 Å². The van der Waals surface area contributed by atoms with Crippen LogP contribution in [-0.2, 0) is 6.54 Å². The molecule has 0 aliphatic carbocycles. The van der Waals surface area contributed by atoms with Crippen molar-refractivity contribution in [1.82, 2.24) is 15.1 Å². The van der Waals surface area contributed by atoms with E-state index in [4.69, 9.17) is 5.26 Å². The standard InChI is InChI=1S/C9H14N4/c1-9(11-5-2-4-10)8-13-7-3-6-12-13/h3,6-7,9,11H,2,5,8H2,1H3. The Balaban J connectivity index is 2.19. The number of rotatable bonds is 5. The first-order valence-electron chi connectivity index (χ1n) is 4.40. The van der Waals surface area contributed by atoms with Gasteiger partial charge < -0.3 is 5.32 Å². The van der Waals surface area contributed by atoms with Crippen LogP contribution in [-0.4, -0.2) is 22.4 Å². The minimum atomic E-state index is 0.355. The van der Waals surface area contributed by atoms with Crippen molar-refractivity contribution in [2.75, 3.05) is 6.54 Å². The minimum Gasteiger partial charge on any atom is -0.311 e. The van der Waals surface area contributed by atoms with Gasteiger partial charge in [-0.05, 0) is 13.0 Å². The SMILES string of the molecule is CC(Cn1cccn1)NCCC#N. The molecule has 0 bridgehead atoms. The summed E-state index contributed by atoms with van der Waals surface area (Å²) in [5, 5.41) is 15.7. The van der Waals surface area contributed by atoms with Gasteiger partial charge in [0.05, 0.1) is 12.6 Å². The molecule has 4 heteroatoms. The molecular weight excluding hydrogens is 164 g/mol. The van der Waals surface area contributed by atoms with Crippen molar-refractivity contribution >= 4 is 0 Å². The van der Waals surface area contributed by atoms with Gasteiger partial charge in [0.2, 0.25) is 0 Å². The van der Waals surface area contributed by atoms with Gasteiger partial charge in [-0.2, -0.15) is 10.4 Å². The van der Waals surface area contributed by atoms with Gasteiger partial charge in [0.25, 0.3) is 0 Å².